The van der Waals surface area contributed by atoms with E-state index in [1.165, 1.54) is 35.2 Å². The lowest BCUT2D eigenvalue weighted by Crippen LogP contribution is -2.42. The molecular formula is C26H36N6O2S. The fourth-order valence-corrected chi connectivity index (χ4v) is 7.21. The zero-order valence-corrected chi connectivity index (χ0v) is 21.7. The first-order valence-electron chi connectivity index (χ1n) is 13.0. The Morgan fingerprint density at radius 3 is 2.60 bits per heavy atom. The molecule has 2 fully saturated rings. The Bertz CT molecular complexity index is 1220. The highest BCUT2D eigenvalue weighted by Gasteiger charge is 2.36. The number of hydrogen-bond donors (Lipinski definition) is 1. The number of fused-ring (bicyclic) bond motifs is 5. The molecule has 0 unspecified atom stereocenters. The largest absolute Gasteiger partial charge is 0.395 e. The maximum Gasteiger partial charge on any atom is 0.150 e. The number of pyridine rings is 1. The molecule has 0 amide bonds. The highest BCUT2D eigenvalue weighted by atomic mass is 32.1. The summed E-state index contributed by atoms with van der Waals surface area (Å²) in [5.41, 5.74) is 4.14. The molecule has 0 spiro atoms. The van der Waals surface area contributed by atoms with E-state index >= 15 is 0 Å². The number of thiophene rings is 1. The molecule has 3 aromatic heterocycles. The topological polar surface area (TPSA) is 77.9 Å². The van der Waals surface area contributed by atoms with Gasteiger partial charge >= 0.3 is 0 Å². The highest BCUT2D eigenvalue weighted by molar-refractivity contribution is 7.26. The Morgan fingerprint density at radius 2 is 1.83 bits per heavy atom. The summed E-state index contributed by atoms with van der Waals surface area (Å²) >= 11 is 1.72. The molecule has 188 valence electrons. The van der Waals surface area contributed by atoms with Crippen LogP contribution in [-0.2, 0) is 17.6 Å². The van der Waals surface area contributed by atoms with Crippen LogP contribution in [0.2, 0.25) is 0 Å². The smallest absolute Gasteiger partial charge is 0.150 e. The second-order valence-corrected chi connectivity index (χ2v) is 11.9. The van der Waals surface area contributed by atoms with Crippen molar-refractivity contribution >= 4 is 43.4 Å². The summed E-state index contributed by atoms with van der Waals surface area (Å²) in [7, 11) is 0. The van der Waals surface area contributed by atoms with E-state index in [1.54, 1.807) is 17.7 Å². The van der Waals surface area contributed by atoms with Crippen molar-refractivity contribution in [3.63, 3.8) is 0 Å². The van der Waals surface area contributed by atoms with Crippen molar-refractivity contribution in [3.8, 4) is 0 Å². The third-order valence-electron chi connectivity index (χ3n) is 7.75. The molecule has 6 rings (SSSR count). The van der Waals surface area contributed by atoms with Gasteiger partial charge in [0, 0.05) is 51.2 Å². The number of hydrogen-bond acceptors (Lipinski definition) is 9. The van der Waals surface area contributed by atoms with E-state index in [2.05, 4.69) is 28.5 Å². The molecule has 0 aromatic carbocycles. The number of aliphatic hydroxyl groups excluding tert-OH is 1. The summed E-state index contributed by atoms with van der Waals surface area (Å²) < 4.78 is 6.60. The molecule has 3 aromatic rings. The van der Waals surface area contributed by atoms with Gasteiger partial charge in [-0.2, -0.15) is 0 Å². The highest BCUT2D eigenvalue weighted by Crippen LogP contribution is 2.48. The number of morpholine rings is 1. The predicted octanol–water partition coefficient (Wildman–Crippen LogP) is 3.10. The van der Waals surface area contributed by atoms with Crippen LogP contribution in [0, 0.1) is 5.41 Å². The molecule has 0 saturated carbocycles. The molecule has 9 heteroatoms. The van der Waals surface area contributed by atoms with E-state index in [0.29, 0.717) is 6.54 Å². The number of aromatic nitrogens is 3. The summed E-state index contributed by atoms with van der Waals surface area (Å²) in [5, 5.41) is 11.1. The van der Waals surface area contributed by atoms with E-state index in [-0.39, 0.29) is 12.0 Å². The molecule has 2 aliphatic heterocycles. The summed E-state index contributed by atoms with van der Waals surface area (Å²) in [6, 6.07) is 0. The van der Waals surface area contributed by atoms with Gasteiger partial charge in [-0.05, 0) is 42.2 Å². The maximum absolute atomic E-state index is 9.86. The van der Waals surface area contributed by atoms with E-state index in [0.717, 1.165) is 86.2 Å². The number of aliphatic hydroxyl groups is 1. The predicted molar refractivity (Wildman–Crippen MR) is 142 cm³/mol. The van der Waals surface area contributed by atoms with Gasteiger partial charge in [-0.3, -0.25) is 4.90 Å². The number of nitrogens with zero attached hydrogens (tertiary/aromatic N) is 6. The van der Waals surface area contributed by atoms with Crippen LogP contribution in [0.1, 0.15) is 37.8 Å². The Labute approximate surface area is 210 Å². The van der Waals surface area contributed by atoms with Crippen LogP contribution in [0.5, 0.6) is 0 Å². The molecule has 3 aliphatic rings. The average Bonchev–Trinajstić information content (AvgIpc) is 3.58. The first kappa shape index (κ1) is 23.3. The van der Waals surface area contributed by atoms with Crippen molar-refractivity contribution in [1.29, 1.82) is 0 Å². The van der Waals surface area contributed by atoms with Crippen LogP contribution in [-0.4, -0.2) is 90.6 Å². The first-order chi connectivity index (χ1) is 17.0. The third-order valence-corrected chi connectivity index (χ3v) is 8.82. The van der Waals surface area contributed by atoms with Crippen molar-refractivity contribution in [2.45, 2.75) is 39.5 Å². The van der Waals surface area contributed by atoms with Gasteiger partial charge in [0.15, 0.2) is 0 Å². The van der Waals surface area contributed by atoms with E-state index in [4.69, 9.17) is 19.7 Å². The van der Waals surface area contributed by atoms with Crippen molar-refractivity contribution in [2.24, 2.45) is 5.41 Å². The van der Waals surface area contributed by atoms with Gasteiger partial charge in [0.25, 0.3) is 0 Å². The maximum atomic E-state index is 9.86. The van der Waals surface area contributed by atoms with Crippen LogP contribution >= 0.6 is 11.3 Å². The molecule has 1 N–H and O–H groups in total. The van der Waals surface area contributed by atoms with Crippen molar-refractivity contribution in [1.82, 2.24) is 19.9 Å². The van der Waals surface area contributed by atoms with Gasteiger partial charge in [0.1, 0.15) is 22.8 Å². The van der Waals surface area contributed by atoms with Crippen LogP contribution in [0.3, 0.4) is 0 Å². The summed E-state index contributed by atoms with van der Waals surface area (Å²) in [4.78, 5) is 23.1. The molecule has 0 bridgehead atoms. The standard InChI is InChI=1S/C26H36N6O2S/c1-26(2)15-18-19(16-26)23(31-5-3-4-6-31)29-25-20(18)21-22(35-25)24(28-17-27-21)32(9-12-33)8-7-30-10-13-34-14-11-30/h17,33H,3-16H2,1-2H3. The van der Waals surface area contributed by atoms with Crippen molar-refractivity contribution in [2.75, 3.05) is 75.4 Å². The normalized spacial score (nSPS) is 20.3. The molecule has 0 atom stereocenters. The van der Waals surface area contributed by atoms with Gasteiger partial charge in [-0.25, -0.2) is 15.0 Å². The zero-order valence-electron chi connectivity index (χ0n) is 20.9. The minimum absolute atomic E-state index is 0.0977. The molecule has 2 saturated heterocycles. The summed E-state index contributed by atoms with van der Waals surface area (Å²) in [6.07, 6.45) is 6.33. The SMILES string of the molecule is CC1(C)Cc2c(N3CCCC3)nc3sc4c(N(CCO)CCN5CCOCC5)ncnc4c3c2C1. The van der Waals surface area contributed by atoms with Crippen molar-refractivity contribution < 1.29 is 9.84 Å². The molecule has 1 aliphatic carbocycles. The lowest BCUT2D eigenvalue weighted by atomic mass is 9.90. The molecular weight excluding hydrogens is 460 g/mol. The lowest BCUT2D eigenvalue weighted by Gasteiger charge is -2.30. The van der Waals surface area contributed by atoms with Crippen LogP contribution in [0.15, 0.2) is 6.33 Å². The Balaban J connectivity index is 1.43. The fraction of sp³-hybridized carbons (Fsp3) is 0.654. The van der Waals surface area contributed by atoms with Gasteiger partial charge in [0.2, 0.25) is 0 Å². The first-order valence-corrected chi connectivity index (χ1v) is 13.9. The molecule has 35 heavy (non-hydrogen) atoms. The minimum Gasteiger partial charge on any atom is -0.395 e. The van der Waals surface area contributed by atoms with Crippen LogP contribution < -0.4 is 9.80 Å². The van der Waals surface area contributed by atoms with Gasteiger partial charge < -0.3 is 19.6 Å². The van der Waals surface area contributed by atoms with Crippen molar-refractivity contribution in [3.05, 3.63) is 17.5 Å². The molecule has 8 nitrogen and oxygen atoms in total. The van der Waals surface area contributed by atoms with E-state index < -0.39 is 0 Å². The van der Waals surface area contributed by atoms with Gasteiger partial charge in [-0.15, -0.1) is 11.3 Å². The number of ether oxygens (including phenoxy) is 1. The average molecular weight is 497 g/mol. The molecule has 5 heterocycles. The quantitative estimate of drug-likeness (QED) is 0.535. The summed E-state index contributed by atoms with van der Waals surface area (Å²) in [6.45, 7) is 12.9. The van der Waals surface area contributed by atoms with E-state index in [9.17, 15) is 5.11 Å². The lowest BCUT2D eigenvalue weighted by molar-refractivity contribution is 0.0391. The van der Waals surface area contributed by atoms with E-state index in [1.807, 2.05) is 0 Å². The van der Waals surface area contributed by atoms with Crippen LogP contribution in [0.4, 0.5) is 11.6 Å². The minimum atomic E-state index is 0.0977. The zero-order chi connectivity index (χ0) is 24.0. The molecule has 0 radical (unpaired) electrons. The monoisotopic (exact) mass is 496 g/mol. The third kappa shape index (κ3) is 4.37. The number of anilines is 2. The Kier molecular flexibility index (Phi) is 6.28. The summed E-state index contributed by atoms with van der Waals surface area (Å²) in [5.74, 6) is 2.13. The fourth-order valence-electron chi connectivity index (χ4n) is 6.03. The van der Waals surface area contributed by atoms with Gasteiger partial charge in [0.05, 0.1) is 30.0 Å². The van der Waals surface area contributed by atoms with Gasteiger partial charge in [-0.1, -0.05) is 13.8 Å². The second-order valence-electron chi connectivity index (χ2n) is 10.9. The number of rotatable bonds is 7. The Morgan fingerprint density at radius 1 is 1.06 bits per heavy atom. The van der Waals surface area contributed by atoms with Crippen LogP contribution in [0.25, 0.3) is 20.4 Å². The Hall–Kier alpha value is -2.07. The second kappa shape index (κ2) is 9.42.